The number of aliphatic hydroxyl groups excluding tert-OH is 2. The lowest BCUT2D eigenvalue weighted by Gasteiger charge is -2.04. The van der Waals surface area contributed by atoms with E-state index in [4.69, 9.17) is 15.9 Å². The lowest BCUT2D eigenvalue weighted by Crippen LogP contribution is -2.21. The predicted molar refractivity (Wildman–Crippen MR) is 67.1 cm³/mol. The van der Waals surface area contributed by atoms with Gasteiger partial charge in [-0.1, -0.05) is 6.58 Å². The number of hydrogen-bond donors (Lipinski definition) is 4. The number of rotatable bonds is 8. The van der Waals surface area contributed by atoms with Crippen molar-refractivity contribution in [3.05, 3.63) is 36.3 Å². The van der Waals surface area contributed by atoms with Crippen LogP contribution in [-0.4, -0.2) is 29.3 Å². The summed E-state index contributed by atoms with van der Waals surface area (Å²) in [4.78, 5) is 11.4. The van der Waals surface area contributed by atoms with E-state index >= 15 is 0 Å². The maximum Gasteiger partial charge on any atom is 0.224 e. The summed E-state index contributed by atoms with van der Waals surface area (Å²) in [7, 11) is 0. The van der Waals surface area contributed by atoms with Crippen LogP contribution in [0.5, 0.6) is 0 Å². The van der Waals surface area contributed by atoms with E-state index in [0.29, 0.717) is 18.7 Å². The topological polar surface area (TPSA) is 95.6 Å². The summed E-state index contributed by atoms with van der Waals surface area (Å²) in [5, 5.41) is 20.2. The Balaban J connectivity index is 4.21. The van der Waals surface area contributed by atoms with Crippen LogP contribution in [-0.2, 0) is 4.79 Å². The van der Waals surface area contributed by atoms with E-state index in [1.54, 1.807) is 0 Å². The number of aliphatic hydroxyl groups is 2. The summed E-state index contributed by atoms with van der Waals surface area (Å²) in [6, 6.07) is 0. The molecule has 0 fully saturated rings. The summed E-state index contributed by atoms with van der Waals surface area (Å²) >= 11 is 0. The smallest absolute Gasteiger partial charge is 0.224 e. The minimum Gasteiger partial charge on any atom is -0.510 e. The molecule has 0 aliphatic carbocycles. The third kappa shape index (κ3) is 8.24. The van der Waals surface area contributed by atoms with Crippen molar-refractivity contribution in [1.82, 2.24) is 5.32 Å². The largest absolute Gasteiger partial charge is 0.510 e. The number of amides is 1. The molecule has 0 unspecified atom stereocenters. The van der Waals surface area contributed by atoms with Gasteiger partial charge in [-0.2, -0.15) is 0 Å². The molecule has 0 aliphatic heterocycles. The normalized spacial score (nSPS) is 12.4. The van der Waals surface area contributed by atoms with E-state index in [1.165, 1.54) is 18.2 Å². The van der Waals surface area contributed by atoms with Crippen molar-refractivity contribution < 1.29 is 15.0 Å². The van der Waals surface area contributed by atoms with Crippen molar-refractivity contribution in [2.75, 3.05) is 13.2 Å². The third-order valence-electron chi connectivity index (χ3n) is 1.98. The summed E-state index contributed by atoms with van der Waals surface area (Å²) in [6.45, 7) is 3.67. The number of carbonyl (C=O) groups is 1. The van der Waals surface area contributed by atoms with Gasteiger partial charge in [0.15, 0.2) is 0 Å². The summed E-state index contributed by atoms with van der Waals surface area (Å²) in [6.07, 6.45) is 6.19. The van der Waals surface area contributed by atoms with Gasteiger partial charge in [-0.05, 0) is 37.6 Å². The summed E-state index contributed by atoms with van der Waals surface area (Å²) < 4.78 is 0. The average Bonchev–Trinajstić information content (AvgIpc) is 2.34. The van der Waals surface area contributed by atoms with Gasteiger partial charge >= 0.3 is 0 Å². The van der Waals surface area contributed by atoms with Gasteiger partial charge in [0.25, 0.3) is 0 Å². The molecule has 0 aliphatic rings. The zero-order chi connectivity index (χ0) is 13.1. The van der Waals surface area contributed by atoms with Crippen molar-refractivity contribution in [3.8, 4) is 0 Å². The summed E-state index contributed by atoms with van der Waals surface area (Å²) in [5.74, 6) is -0.303. The molecule has 0 spiro atoms. The first-order valence-electron chi connectivity index (χ1n) is 5.47. The van der Waals surface area contributed by atoms with Gasteiger partial charge in [0, 0.05) is 12.1 Å². The fourth-order valence-corrected chi connectivity index (χ4v) is 1.05. The molecule has 0 heterocycles. The highest BCUT2D eigenvalue weighted by Crippen LogP contribution is 1.98. The Morgan fingerprint density at radius 3 is 2.59 bits per heavy atom. The van der Waals surface area contributed by atoms with Crippen LogP contribution in [0.25, 0.3) is 0 Å². The van der Waals surface area contributed by atoms with E-state index in [9.17, 15) is 4.79 Å². The zero-order valence-electron chi connectivity index (χ0n) is 9.85. The molecule has 5 heteroatoms. The van der Waals surface area contributed by atoms with Gasteiger partial charge in [-0.25, -0.2) is 0 Å². The molecule has 0 aromatic carbocycles. The second-order valence-corrected chi connectivity index (χ2v) is 3.44. The third-order valence-corrected chi connectivity index (χ3v) is 1.98. The maximum absolute atomic E-state index is 11.4. The van der Waals surface area contributed by atoms with E-state index in [1.807, 2.05) is 0 Å². The second-order valence-electron chi connectivity index (χ2n) is 3.44. The van der Waals surface area contributed by atoms with Crippen LogP contribution in [0, 0.1) is 0 Å². The van der Waals surface area contributed by atoms with Gasteiger partial charge in [0.1, 0.15) is 12.4 Å². The van der Waals surface area contributed by atoms with Crippen LogP contribution < -0.4 is 11.1 Å². The Kier molecular flexibility index (Phi) is 8.72. The fraction of sp³-hybridized carbons (Fsp3) is 0.417. The standard InChI is InChI=1S/C12H20N2O3/c1-2-10(6-7-11(16)9-15)14-12(17)5-3-4-8-13/h2,6-7,15-16H,1,3-5,8-9,13H2,(H,14,17)/b10-6+,11-7+. The molecule has 0 saturated heterocycles. The van der Waals surface area contributed by atoms with Crippen molar-refractivity contribution in [2.24, 2.45) is 5.73 Å². The maximum atomic E-state index is 11.4. The molecule has 0 bridgehead atoms. The van der Waals surface area contributed by atoms with Crippen LogP contribution in [0.1, 0.15) is 19.3 Å². The van der Waals surface area contributed by atoms with Gasteiger partial charge in [0.2, 0.25) is 5.91 Å². The lowest BCUT2D eigenvalue weighted by molar-refractivity contribution is -0.120. The van der Waals surface area contributed by atoms with Gasteiger partial charge < -0.3 is 21.3 Å². The molecule has 0 saturated carbocycles. The van der Waals surface area contributed by atoms with Crippen LogP contribution in [0.3, 0.4) is 0 Å². The zero-order valence-corrected chi connectivity index (χ0v) is 9.85. The molecule has 96 valence electrons. The predicted octanol–water partition coefficient (Wildman–Crippen LogP) is 0.736. The number of hydrogen-bond acceptors (Lipinski definition) is 4. The Morgan fingerprint density at radius 1 is 1.35 bits per heavy atom. The highest BCUT2D eigenvalue weighted by atomic mass is 16.3. The quantitative estimate of drug-likeness (QED) is 0.286. The van der Waals surface area contributed by atoms with Crippen molar-refractivity contribution in [2.45, 2.75) is 19.3 Å². The van der Waals surface area contributed by atoms with Crippen LogP contribution >= 0.6 is 0 Å². The monoisotopic (exact) mass is 240 g/mol. The van der Waals surface area contributed by atoms with Gasteiger partial charge in [0.05, 0.1) is 0 Å². The number of nitrogens with one attached hydrogen (secondary N) is 1. The first kappa shape index (κ1) is 15.4. The van der Waals surface area contributed by atoms with E-state index in [-0.39, 0.29) is 11.7 Å². The van der Waals surface area contributed by atoms with E-state index in [0.717, 1.165) is 12.8 Å². The highest BCUT2D eigenvalue weighted by molar-refractivity contribution is 5.78. The first-order valence-corrected chi connectivity index (χ1v) is 5.47. The fourth-order valence-electron chi connectivity index (χ4n) is 1.05. The molecule has 0 atom stereocenters. The van der Waals surface area contributed by atoms with Gasteiger partial charge in [-0.3, -0.25) is 4.79 Å². The number of unbranched alkanes of at least 4 members (excludes halogenated alkanes) is 1. The molecule has 5 N–H and O–H groups in total. The molecule has 5 nitrogen and oxygen atoms in total. The van der Waals surface area contributed by atoms with E-state index in [2.05, 4.69) is 11.9 Å². The second kappa shape index (κ2) is 9.62. The molecule has 17 heavy (non-hydrogen) atoms. The summed E-state index contributed by atoms with van der Waals surface area (Å²) in [5.41, 5.74) is 5.79. The SMILES string of the molecule is C=C/C(=C\C=C(\O)CO)NC(=O)CCCCN. The van der Waals surface area contributed by atoms with Crippen LogP contribution in [0.4, 0.5) is 0 Å². The molecule has 1 amide bonds. The van der Waals surface area contributed by atoms with Crippen molar-refractivity contribution >= 4 is 5.91 Å². The van der Waals surface area contributed by atoms with Crippen LogP contribution in [0.15, 0.2) is 36.3 Å². The number of nitrogens with two attached hydrogens (primary N) is 1. The van der Waals surface area contributed by atoms with Crippen molar-refractivity contribution in [3.63, 3.8) is 0 Å². The molecular weight excluding hydrogens is 220 g/mol. The lowest BCUT2D eigenvalue weighted by atomic mass is 10.2. The molecule has 0 radical (unpaired) electrons. The molecule has 0 rings (SSSR count). The Morgan fingerprint density at radius 2 is 2.06 bits per heavy atom. The minimum atomic E-state index is -0.439. The highest BCUT2D eigenvalue weighted by Gasteiger charge is 2.01. The molecule has 0 aromatic rings. The van der Waals surface area contributed by atoms with E-state index < -0.39 is 6.61 Å². The first-order chi connectivity index (χ1) is 8.13. The Bertz CT molecular complexity index is 309. The van der Waals surface area contributed by atoms with Crippen LogP contribution in [0.2, 0.25) is 0 Å². The van der Waals surface area contributed by atoms with Crippen molar-refractivity contribution in [1.29, 1.82) is 0 Å². The Labute approximate surface area is 101 Å². The Hall–Kier alpha value is -1.59. The number of allylic oxidation sites excluding steroid dienone is 3. The average molecular weight is 240 g/mol. The van der Waals surface area contributed by atoms with Gasteiger partial charge in [-0.15, -0.1) is 0 Å². The number of carbonyl (C=O) groups excluding carboxylic acids is 1. The molecule has 0 aromatic heterocycles. The molecular formula is C12H20N2O3. The minimum absolute atomic E-state index is 0.124.